The molecule has 0 aliphatic rings. The van der Waals surface area contributed by atoms with E-state index >= 15 is 0 Å². The van der Waals surface area contributed by atoms with Crippen LogP contribution in [0.15, 0.2) is 0 Å². The molecule has 0 saturated carbocycles. The zero-order chi connectivity index (χ0) is 14.0. The Morgan fingerprint density at radius 1 is 1.11 bits per heavy atom. The van der Waals surface area contributed by atoms with E-state index in [9.17, 15) is 14.4 Å². The van der Waals surface area contributed by atoms with Gasteiger partial charge in [0.25, 0.3) is 0 Å². The smallest absolute Gasteiger partial charge is 0.317 e. The van der Waals surface area contributed by atoms with Gasteiger partial charge in [0.2, 0.25) is 5.91 Å². The number of aliphatic carboxylic acids is 1. The molecule has 3 N–H and O–H groups in total. The van der Waals surface area contributed by atoms with Crippen LogP contribution in [-0.4, -0.2) is 54.6 Å². The van der Waals surface area contributed by atoms with Crippen molar-refractivity contribution >= 4 is 17.9 Å². The minimum atomic E-state index is -0.950. The minimum absolute atomic E-state index is 0.0963. The first-order valence-corrected chi connectivity index (χ1v) is 5.94. The Hall–Kier alpha value is -1.79. The molecule has 0 saturated heterocycles. The van der Waals surface area contributed by atoms with Crippen molar-refractivity contribution in [3.05, 3.63) is 0 Å². The monoisotopic (exact) mass is 259 g/mol. The molecule has 0 aromatic heterocycles. The molecule has 0 aromatic rings. The van der Waals surface area contributed by atoms with Gasteiger partial charge in [0.15, 0.2) is 0 Å². The number of carboxylic acids is 1. The van der Waals surface area contributed by atoms with E-state index in [2.05, 4.69) is 10.6 Å². The predicted molar refractivity (Wildman–Crippen MR) is 66.2 cm³/mol. The second-order valence-electron chi connectivity index (χ2n) is 3.90. The van der Waals surface area contributed by atoms with Gasteiger partial charge in [-0.05, 0) is 6.42 Å². The number of rotatable bonds is 8. The standard InChI is InChI=1S/C11H21N3O4/c1-3-6-12-9(15)4-7-13-11(18)14(2)8-5-10(16)17/h3-8H2,1-2H3,(H,12,15)(H,13,18)(H,16,17). The fraction of sp³-hybridized carbons (Fsp3) is 0.727. The number of carboxylic acid groups (broad SMARTS) is 1. The number of amides is 3. The maximum absolute atomic E-state index is 11.4. The summed E-state index contributed by atoms with van der Waals surface area (Å²) in [5, 5.41) is 13.7. The highest BCUT2D eigenvalue weighted by atomic mass is 16.4. The van der Waals surface area contributed by atoms with Crippen molar-refractivity contribution in [3.63, 3.8) is 0 Å². The Morgan fingerprint density at radius 3 is 2.33 bits per heavy atom. The van der Waals surface area contributed by atoms with E-state index in [0.29, 0.717) is 6.54 Å². The molecule has 0 aromatic carbocycles. The molecule has 0 heterocycles. The molecule has 104 valence electrons. The van der Waals surface area contributed by atoms with Crippen LogP contribution in [0.5, 0.6) is 0 Å². The minimum Gasteiger partial charge on any atom is -0.481 e. The zero-order valence-electron chi connectivity index (χ0n) is 10.9. The third-order valence-corrected chi connectivity index (χ3v) is 2.21. The SMILES string of the molecule is CCCNC(=O)CCNC(=O)N(C)CCC(=O)O. The Morgan fingerprint density at radius 2 is 1.78 bits per heavy atom. The second-order valence-corrected chi connectivity index (χ2v) is 3.90. The highest BCUT2D eigenvalue weighted by molar-refractivity contribution is 5.78. The maximum Gasteiger partial charge on any atom is 0.317 e. The first kappa shape index (κ1) is 16.2. The largest absolute Gasteiger partial charge is 0.481 e. The Balaban J connectivity index is 3.69. The van der Waals surface area contributed by atoms with E-state index in [1.54, 1.807) is 0 Å². The summed E-state index contributed by atoms with van der Waals surface area (Å²) in [6, 6.07) is -0.375. The number of hydrogen-bond acceptors (Lipinski definition) is 3. The molecule has 0 aliphatic heterocycles. The van der Waals surface area contributed by atoms with Crippen LogP contribution < -0.4 is 10.6 Å². The Kier molecular flexibility index (Phi) is 8.34. The van der Waals surface area contributed by atoms with E-state index in [0.717, 1.165) is 6.42 Å². The average Bonchev–Trinajstić information content (AvgIpc) is 2.33. The molecule has 0 rings (SSSR count). The molecule has 0 unspecified atom stereocenters. The van der Waals surface area contributed by atoms with Crippen LogP contribution in [0.1, 0.15) is 26.2 Å². The molecule has 0 atom stereocenters. The van der Waals surface area contributed by atoms with Crippen molar-refractivity contribution < 1.29 is 19.5 Å². The number of hydrogen-bond donors (Lipinski definition) is 3. The third-order valence-electron chi connectivity index (χ3n) is 2.21. The number of nitrogens with one attached hydrogen (secondary N) is 2. The van der Waals surface area contributed by atoms with Crippen molar-refractivity contribution in [3.8, 4) is 0 Å². The molecule has 7 nitrogen and oxygen atoms in total. The van der Waals surface area contributed by atoms with Crippen molar-refractivity contribution in [2.45, 2.75) is 26.2 Å². The molecule has 0 spiro atoms. The lowest BCUT2D eigenvalue weighted by atomic mass is 10.3. The normalized spacial score (nSPS) is 9.67. The van der Waals surface area contributed by atoms with E-state index in [1.807, 2.05) is 6.92 Å². The molecular weight excluding hydrogens is 238 g/mol. The van der Waals surface area contributed by atoms with Gasteiger partial charge in [-0.3, -0.25) is 9.59 Å². The number of urea groups is 1. The van der Waals surface area contributed by atoms with Crippen LogP contribution in [0.3, 0.4) is 0 Å². The lowest BCUT2D eigenvalue weighted by molar-refractivity contribution is -0.137. The van der Waals surface area contributed by atoms with Gasteiger partial charge >= 0.3 is 12.0 Å². The molecule has 3 amide bonds. The fourth-order valence-corrected chi connectivity index (χ4v) is 1.14. The quantitative estimate of drug-likeness (QED) is 0.572. The summed E-state index contributed by atoms with van der Waals surface area (Å²) in [7, 11) is 1.51. The molecule has 7 heteroatoms. The van der Waals surface area contributed by atoms with Crippen molar-refractivity contribution in [1.82, 2.24) is 15.5 Å². The van der Waals surface area contributed by atoms with Crippen LogP contribution in [0.4, 0.5) is 4.79 Å². The van der Waals surface area contributed by atoms with Crippen LogP contribution in [0, 0.1) is 0 Å². The summed E-state index contributed by atoms with van der Waals surface area (Å²) in [6.45, 7) is 2.97. The Bertz CT molecular complexity index is 294. The van der Waals surface area contributed by atoms with E-state index < -0.39 is 5.97 Å². The molecule has 18 heavy (non-hydrogen) atoms. The molecule has 0 aliphatic carbocycles. The summed E-state index contributed by atoms with van der Waals surface area (Å²) < 4.78 is 0. The third kappa shape index (κ3) is 8.37. The van der Waals surface area contributed by atoms with Gasteiger partial charge in [0, 0.05) is 33.1 Å². The summed E-state index contributed by atoms with van der Waals surface area (Å²) >= 11 is 0. The van der Waals surface area contributed by atoms with Crippen molar-refractivity contribution in [2.75, 3.05) is 26.7 Å². The van der Waals surface area contributed by atoms with Gasteiger partial charge < -0.3 is 20.6 Å². The fourth-order valence-electron chi connectivity index (χ4n) is 1.14. The van der Waals surface area contributed by atoms with Crippen LogP contribution in [0.2, 0.25) is 0 Å². The maximum atomic E-state index is 11.4. The average molecular weight is 259 g/mol. The van der Waals surface area contributed by atoms with E-state index in [4.69, 9.17) is 5.11 Å². The molecular formula is C11H21N3O4. The van der Waals surface area contributed by atoms with Crippen LogP contribution in [0.25, 0.3) is 0 Å². The van der Waals surface area contributed by atoms with Gasteiger partial charge in [-0.25, -0.2) is 4.79 Å². The topological polar surface area (TPSA) is 98.7 Å². The van der Waals surface area contributed by atoms with Crippen molar-refractivity contribution in [1.29, 1.82) is 0 Å². The number of nitrogens with zero attached hydrogens (tertiary/aromatic N) is 1. The highest BCUT2D eigenvalue weighted by Gasteiger charge is 2.09. The molecule has 0 bridgehead atoms. The summed E-state index contributed by atoms with van der Waals surface area (Å²) in [5.41, 5.74) is 0. The van der Waals surface area contributed by atoms with Gasteiger partial charge in [-0.1, -0.05) is 6.92 Å². The molecule has 0 radical (unpaired) electrons. The second kappa shape index (κ2) is 9.26. The summed E-state index contributed by atoms with van der Waals surface area (Å²) in [6.07, 6.45) is 0.995. The van der Waals surface area contributed by atoms with Crippen LogP contribution in [-0.2, 0) is 9.59 Å². The first-order chi connectivity index (χ1) is 8.47. The highest BCUT2D eigenvalue weighted by Crippen LogP contribution is 1.89. The zero-order valence-corrected chi connectivity index (χ0v) is 10.9. The Labute approximate surface area is 107 Å². The summed E-state index contributed by atoms with van der Waals surface area (Å²) in [4.78, 5) is 34.3. The number of carbonyl (C=O) groups excluding carboxylic acids is 2. The van der Waals surface area contributed by atoms with E-state index in [-0.39, 0.29) is 37.9 Å². The van der Waals surface area contributed by atoms with Gasteiger partial charge in [-0.15, -0.1) is 0 Å². The lowest BCUT2D eigenvalue weighted by Gasteiger charge is -2.16. The lowest BCUT2D eigenvalue weighted by Crippen LogP contribution is -2.40. The predicted octanol–water partition coefficient (Wildman–Crippen LogP) is 0.0188. The summed E-state index contributed by atoms with van der Waals surface area (Å²) in [5.74, 6) is -1.06. The molecule has 0 fully saturated rings. The number of carbonyl (C=O) groups is 3. The van der Waals surface area contributed by atoms with Gasteiger partial charge in [0.05, 0.1) is 6.42 Å². The van der Waals surface area contributed by atoms with Gasteiger partial charge in [0.1, 0.15) is 0 Å². The van der Waals surface area contributed by atoms with Crippen molar-refractivity contribution in [2.24, 2.45) is 0 Å². The first-order valence-electron chi connectivity index (χ1n) is 5.94. The van der Waals surface area contributed by atoms with E-state index in [1.165, 1.54) is 11.9 Å². The van der Waals surface area contributed by atoms with Crippen LogP contribution >= 0.6 is 0 Å². The van der Waals surface area contributed by atoms with Gasteiger partial charge in [-0.2, -0.15) is 0 Å².